The van der Waals surface area contributed by atoms with Crippen LogP contribution in [0.4, 0.5) is 0 Å². The van der Waals surface area contributed by atoms with Crippen LogP contribution in [0.1, 0.15) is 45.1 Å². The van der Waals surface area contributed by atoms with E-state index in [0.717, 1.165) is 39.0 Å². The highest BCUT2D eigenvalue weighted by Crippen LogP contribution is 2.31. The van der Waals surface area contributed by atoms with E-state index in [1.165, 1.54) is 28.6 Å². The zero-order valence-electron chi connectivity index (χ0n) is 18.1. The van der Waals surface area contributed by atoms with Crippen LogP contribution in [-0.2, 0) is 14.8 Å². The maximum absolute atomic E-state index is 12.9. The molecule has 0 bridgehead atoms. The number of carbonyl (C=O) groups excluding carboxylic acids is 1. The predicted molar refractivity (Wildman–Crippen MR) is 115 cm³/mol. The maximum atomic E-state index is 12.9. The van der Waals surface area contributed by atoms with Gasteiger partial charge >= 0.3 is 0 Å². The Labute approximate surface area is 180 Å². The average Bonchev–Trinajstić information content (AvgIpc) is 2.78. The van der Waals surface area contributed by atoms with Crippen molar-refractivity contribution in [3.05, 3.63) is 29.8 Å². The van der Waals surface area contributed by atoms with E-state index in [-0.39, 0.29) is 22.8 Å². The Kier molecular flexibility index (Phi) is 7.17. The van der Waals surface area contributed by atoms with Gasteiger partial charge in [0, 0.05) is 51.2 Å². The molecule has 1 aliphatic heterocycles. The second kappa shape index (κ2) is 9.46. The first-order valence-electron chi connectivity index (χ1n) is 10.7. The van der Waals surface area contributed by atoms with Crippen molar-refractivity contribution in [2.75, 3.05) is 33.2 Å². The second-order valence-corrected chi connectivity index (χ2v) is 10.6. The SMILES string of the molecule is CC(C)N1CCN(C(=O)[C@H]2CC[C@H](N(C)S(=O)(=O)c3ccc(C#N)cc3)CC2)CC1. The van der Waals surface area contributed by atoms with Crippen LogP contribution >= 0.6 is 0 Å². The molecule has 3 rings (SSSR count). The molecule has 30 heavy (non-hydrogen) atoms. The summed E-state index contributed by atoms with van der Waals surface area (Å²) in [5, 5.41) is 8.90. The molecule has 164 valence electrons. The topological polar surface area (TPSA) is 84.7 Å². The zero-order chi connectivity index (χ0) is 21.9. The van der Waals surface area contributed by atoms with E-state index in [1.807, 2.05) is 11.0 Å². The highest BCUT2D eigenvalue weighted by atomic mass is 32.2. The molecular formula is C22H32N4O3S. The standard InChI is InChI=1S/C22H32N4O3S/c1-17(2)25-12-14-26(15-13-25)22(27)19-6-8-20(9-7-19)24(3)30(28,29)21-10-4-18(16-23)5-11-21/h4-5,10-11,17,19-20H,6-9,12-15H2,1-3H3/t19-,20-. The third-order valence-electron chi connectivity index (χ3n) is 6.58. The van der Waals surface area contributed by atoms with Gasteiger partial charge in [0.25, 0.3) is 0 Å². The van der Waals surface area contributed by atoms with Crippen LogP contribution in [0.2, 0.25) is 0 Å². The van der Waals surface area contributed by atoms with Gasteiger partial charge in [0.1, 0.15) is 0 Å². The lowest BCUT2D eigenvalue weighted by molar-refractivity contribution is -0.138. The van der Waals surface area contributed by atoms with Crippen molar-refractivity contribution < 1.29 is 13.2 Å². The van der Waals surface area contributed by atoms with Crippen molar-refractivity contribution in [2.24, 2.45) is 5.92 Å². The molecule has 1 saturated heterocycles. The summed E-state index contributed by atoms with van der Waals surface area (Å²) in [6, 6.07) is 8.41. The number of piperazine rings is 1. The van der Waals surface area contributed by atoms with Gasteiger partial charge in [-0.05, 0) is 63.8 Å². The number of hydrogen-bond acceptors (Lipinski definition) is 5. The van der Waals surface area contributed by atoms with E-state index < -0.39 is 10.0 Å². The number of benzene rings is 1. The molecule has 0 radical (unpaired) electrons. The lowest BCUT2D eigenvalue weighted by atomic mass is 9.85. The van der Waals surface area contributed by atoms with Crippen LogP contribution in [-0.4, -0.2) is 73.7 Å². The fraction of sp³-hybridized carbons (Fsp3) is 0.636. The zero-order valence-corrected chi connectivity index (χ0v) is 18.9. The van der Waals surface area contributed by atoms with Crippen LogP contribution in [0.25, 0.3) is 0 Å². The molecule has 0 aromatic heterocycles. The number of carbonyl (C=O) groups is 1. The molecular weight excluding hydrogens is 400 g/mol. The third-order valence-corrected chi connectivity index (χ3v) is 8.50. The Morgan fingerprint density at radius 2 is 1.63 bits per heavy atom. The van der Waals surface area contributed by atoms with Gasteiger partial charge in [-0.15, -0.1) is 0 Å². The quantitative estimate of drug-likeness (QED) is 0.713. The van der Waals surface area contributed by atoms with Gasteiger partial charge in [0.2, 0.25) is 15.9 Å². The molecule has 0 unspecified atom stereocenters. The van der Waals surface area contributed by atoms with E-state index >= 15 is 0 Å². The molecule has 1 aromatic carbocycles. The number of nitriles is 1. The molecule has 1 saturated carbocycles. The summed E-state index contributed by atoms with van der Waals surface area (Å²) in [5.74, 6) is 0.229. The summed E-state index contributed by atoms with van der Waals surface area (Å²) in [4.78, 5) is 17.5. The van der Waals surface area contributed by atoms with Crippen molar-refractivity contribution in [1.82, 2.24) is 14.1 Å². The summed E-state index contributed by atoms with van der Waals surface area (Å²) in [6.45, 7) is 7.77. The predicted octanol–water partition coefficient (Wildman–Crippen LogP) is 2.29. The van der Waals surface area contributed by atoms with Crippen LogP contribution in [0.5, 0.6) is 0 Å². The van der Waals surface area contributed by atoms with Crippen LogP contribution in [0.3, 0.4) is 0 Å². The molecule has 2 aliphatic rings. The van der Waals surface area contributed by atoms with Crippen LogP contribution in [0.15, 0.2) is 29.2 Å². The van der Waals surface area contributed by atoms with Gasteiger partial charge in [0.05, 0.1) is 16.5 Å². The molecule has 1 aromatic rings. The fourth-order valence-corrected chi connectivity index (χ4v) is 5.88. The third kappa shape index (κ3) is 4.85. The number of sulfonamides is 1. The Balaban J connectivity index is 1.55. The van der Waals surface area contributed by atoms with Crippen molar-refractivity contribution in [2.45, 2.75) is 56.5 Å². The highest BCUT2D eigenvalue weighted by molar-refractivity contribution is 7.89. The Bertz CT molecular complexity index is 876. The van der Waals surface area contributed by atoms with Gasteiger partial charge in [0.15, 0.2) is 0 Å². The average molecular weight is 433 g/mol. The number of nitrogens with zero attached hydrogens (tertiary/aromatic N) is 4. The molecule has 1 aliphatic carbocycles. The van der Waals surface area contributed by atoms with E-state index in [2.05, 4.69) is 18.7 Å². The van der Waals surface area contributed by atoms with Gasteiger partial charge in [-0.25, -0.2) is 8.42 Å². The number of hydrogen-bond donors (Lipinski definition) is 0. The first-order valence-corrected chi connectivity index (χ1v) is 12.2. The Hall–Kier alpha value is -1.95. The Morgan fingerprint density at radius 3 is 2.13 bits per heavy atom. The van der Waals surface area contributed by atoms with E-state index in [9.17, 15) is 13.2 Å². The normalized spacial score (nSPS) is 23.5. The van der Waals surface area contributed by atoms with E-state index in [4.69, 9.17) is 5.26 Å². The van der Waals surface area contributed by atoms with Crippen molar-refractivity contribution in [3.8, 4) is 6.07 Å². The van der Waals surface area contributed by atoms with Gasteiger partial charge in [-0.3, -0.25) is 9.69 Å². The highest BCUT2D eigenvalue weighted by Gasteiger charge is 2.35. The molecule has 7 nitrogen and oxygen atoms in total. The molecule has 8 heteroatoms. The van der Waals surface area contributed by atoms with Gasteiger partial charge < -0.3 is 4.90 Å². The number of rotatable bonds is 5. The van der Waals surface area contributed by atoms with Crippen molar-refractivity contribution in [3.63, 3.8) is 0 Å². The molecule has 1 heterocycles. The summed E-state index contributed by atoms with van der Waals surface area (Å²) in [6.07, 6.45) is 2.82. The smallest absolute Gasteiger partial charge is 0.243 e. The largest absolute Gasteiger partial charge is 0.340 e. The van der Waals surface area contributed by atoms with E-state index in [0.29, 0.717) is 24.4 Å². The first kappa shape index (κ1) is 22.7. The van der Waals surface area contributed by atoms with Gasteiger partial charge in [-0.1, -0.05) is 0 Å². The molecule has 1 amide bonds. The summed E-state index contributed by atoms with van der Waals surface area (Å²) in [7, 11) is -2.00. The van der Waals surface area contributed by atoms with Crippen LogP contribution in [0, 0.1) is 17.2 Å². The molecule has 0 N–H and O–H groups in total. The minimum atomic E-state index is -3.61. The van der Waals surface area contributed by atoms with Crippen molar-refractivity contribution in [1.29, 1.82) is 5.26 Å². The summed E-state index contributed by atoms with van der Waals surface area (Å²) in [5.41, 5.74) is 0.435. The number of amides is 1. The van der Waals surface area contributed by atoms with E-state index in [1.54, 1.807) is 7.05 Å². The maximum Gasteiger partial charge on any atom is 0.243 e. The molecule has 0 atom stereocenters. The molecule has 0 spiro atoms. The minimum Gasteiger partial charge on any atom is -0.340 e. The monoisotopic (exact) mass is 432 g/mol. The van der Waals surface area contributed by atoms with Gasteiger partial charge in [-0.2, -0.15) is 9.57 Å². The summed E-state index contributed by atoms with van der Waals surface area (Å²) < 4.78 is 27.3. The van der Waals surface area contributed by atoms with Crippen molar-refractivity contribution >= 4 is 15.9 Å². The summed E-state index contributed by atoms with van der Waals surface area (Å²) >= 11 is 0. The Morgan fingerprint density at radius 1 is 1.07 bits per heavy atom. The lowest BCUT2D eigenvalue weighted by Gasteiger charge is -2.40. The fourth-order valence-electron chi connectivity index (χ4n) is 4.47. The molecule has 2 fully saturated rings. The van der Waals surface area contributed by atoms with Crippen LogP contribution < -0.4 is 0 Å². The minimum absolute atomic E-state index is 0.00198. The lowest BCUT2D eigenvalue weighted by Crippen LogP contribution is -2.52. The first-order chi connectivity index (χ1) is 14.2. The second-order valence-electron chi connectivity index (χ2n) is 8.62.